The lowest BCUT2D eigenvalue weighted by Gasteiger charge is -2.36. The Labute approximate surface area is 181 Å². The smallest absolute Gasteiger partial charge is 0.253 e. The van der Waals surface area contributed by atoms with E-state index in [0.29, 0.717) is 17.2 Å². The number of thiocarbonyl (C=S) groups is 1. The molecule has 1 fully saturated rings. The van der Waals surface area contributed by atoms with E-state index in [2.05, 4.69) is 21.3 Å². The van der Waals surface area contributed by atoms with Crippen LogP contribution in [-0.4, -0.2) is 21.0 Å². The molecule has 0 aliphatic heterocycles. The normalized spacial score (nSPS) is 14.6. The van der Waals surface area contributed by atoms with Gasteiger partial charge >= 0.3 is 0 Å². The molecule has 30 heavy (non-hydrogen) atoms. The van der Waals surface area contributed by atoms with Gasteiger partial charge in [0.15, 0.2) is 5.11 Å². The average molecular weight is 424 g/mol. The Bertz CT molecular complexity index is 1100. The highest BCUT2D eigenvalue weighted by atomic mass is 32.1. The van der Waals surface area contributed by atoms with E-state index in [9.17, 15) is 9.18 Å². The maximum Gasteiger partial charge on any atom is 0.253 e. The van der Waals surface area contributed by atoms with Crippen molar-refractivity contribution in [3.63, 3.8) is 0 Å². The predicted molar refractivity (Wildman–Crippen MR) is 124 cm³/mol. The molecule has 0 radical (unpaired) electrons. The fourth-order valence-electron chi connectivity index (χ4n) is 4.16. The standard InChI is InChI=1S/C24H26FN3OS/c1-16-7-12-22-17(13-16)14-18(23(29)27-22)15-28(21-5-3-2-4-6-21)24(30)26-20-10-8-19(25)9-11-20/h7-14,21H,2-6,15H2,1H3,(H,26,30)(H,27,29). The summed E-state index contributed by atoms with van der Waals surface area (Å²) < 4.78 is 13.3. The average Bonchev–Trinajstić information content (AvgIpc) is 2.74. The molecule has 1 aliphatic rings. The second-order valence-corrected chi connectivity index (χ2v) is 8.46. The highest BCUT2D eigenvalue weighted by Gasteiger charge is 2.24. The fraction of sp³-hybridized carbons (Fsp3) is 0.333. The van der Waals surface area contributed by atoms with Crippen LogP contribution in [0.4, 0.5) is 10.1 Å². The van der Waals surface area contributed by atoms with E-state index in [1.54, 1.807) is 12.1 Å². The predicted octanol–water partition coefficient (Wildman–Crippen LogP) is 5.51. The number of benzene rings is 2. The molecule has 4 rings (SSSR count). The summed E-state index contributed by atoms with van der Waals surface area (Å²) in [6.45, 7) is 2.48. The first-order chi connectivity index (χ1) is 14.5. The Morgan fingerprint density at radius 3 is 2.60 bits per heavy atom. The zero-order valence-electron chi connectivity index (χ0n) is 17.1. The molecule has 156 valence electrons. The van der Waals surface area contributed by atoms with Gasteiger partial charge in [0.25, 0.3) is 5.56 Å². The Balaban J connectivity index is 1.63. The molecular formula is C24H26FN3OS. The third kappa shape index (κ3) is 4.70. The van der Waals surface area contributed by atoms with E-state index in [0.717, 1.165) is 47.8 Å². The second kappa shape index (κ2) is 8.96. The molecule has 1 aliphatic carbocycles. The monoisotopic (exact) mass is 423 g/mol. The van der Waals surface area contributed by atoms with Gasteiger partial charge in [-0.1, -0.05) is 30.9 Å². The molecule has 1 heterocycles. The van der Waals surface area contributed by atoms with Gasteiger partial charge in [-0.25, -0.2) is 4.39 Å². The van der Waals surface area contributed by atoms with Crippen molar-refractivity contribution in [3.05, 3.63) is 75.8 Å². The number of nitrogens with one attached hydrogen (secondary N) is 2. The molecule has 1 saturated carbocycles. The van der Waals surface area contributed by atoms with Gasteiger partial charge in [0.05, 0.1) is 6.54 Å². The number of hydrogen-bond donors (Lipinski definition) is 2. The number of halogens is 1. The van der Waals surface area contributed by atoms with E-state index in [1.165, 1.54) is 18.6 Å². The van der Waals surface area contributed by atoms with Crippen molar-refractivity contribution in [1.29, 1.82) is 0 Å². The van der Waals surface area contributed by atoms with Crippen molar-refractivity contribution in [2.45, 2.75) is 51.6 Å². The number of rotatable bonds is 4. The van der Waals surface area contributed by atoms with E-state index in [1.807, 2.05) is 25.1 Å². The van der Waals surface area contributed by atoms with Crippen LogP contribution in [0.15, 0.2) is 53.3 Å². The third-order valence-corrected chi connectivity index (χ3v) is 6.13. The van der Waals surface area contributed by atoms with E-state index in [-0.39, 0.29) is 17.4 Å². The molecular weight excluding hydrogens is 397 g/mol. The summed E-state index contributed by atoms with van der Waals surface area (Å²) in [5, 5.41) is 4.82. The molecule has 2 aromatic carbocycles. The van der Waals surface area contributed by atoms with Crippen molar-refractivity contribution in [3.8, 4) is 0 Å². The maximum atomic E-state index is 13.3. The number of H-pyrrole nitrogens is 1. The Kier molecular flexibility index (Phi) is 6.13. The summed E-state index contributed by atoms with van der Waals surface area (Å²) in [7, 11) is 0. The van der Waals surface area contributed by atoms with Gasteiger partial charge < -0.3 is 15.2 Å². The minimum atomic E-state index is -0.284. The first-order valence-electron chi connectivity index (χ1n) is 10.5. The summed E-state index contributed by atoms with van der Waals surface area (Å²) in [5.74, 6) is -0.284. The Morgan fingerprint density at radius 1 is 1.13 bits per heavy atom. The van der Waals surface area contributed by atoms with Crippen molar-refractivity contribution in [2.75, 3.05) is 5.32 Å². The van der Waals surface area contributed by atoms with E-state index in [4.69, 9.17) is 12.2 Å². The summed E-state index contributed by atoms with van der Waals surface area (Å²) in [6.07, 6.45) is 5.66. The zero-order valence-corrected chi connectivity index (χ0v) is 17.9. The van der Waals surface area contributed by atoms with Crippen LogP contribution in [0.2, 0.25) is 0 Å². The van der Waals surface area contributed by atoms with Gasteiger partial charge in [-0.2, -0.15) is 0 Å². The number of fused-ring (bicyclic) bond motifs is 1. The van der Waals surface area contributed by atoms with Crippen LogP contribution in [0.3, 0.4) is 0 Å². The number of aromatic amines is 1. The van der Waals surface area contributed by atoms with Crippen LogP contribution in [0.5, 0.6) is 0 Å². The maximum absolute atomic E-state index is 13.3. The van der Waals surface area contributed by atoms with Crippen LogP contribution >= 0.6 is 12.2 Å². The van der Waals surface area contributed by atoms with Gasteiger partial charge in [-0.05, 0) is 79.8 Å². The first kappa shape index (κ1) is 20.5. The fourth-order valence-corrected chi connectivity index (χ4v) is 4.49. The SMILES string of the molecule is Cc1ccc2[nH]c(=O)c(CN(C(=S)Nc3ccc(F)cc3)C3CCCCC3)cc2c1. The largest absolute Gasteiger partial charge is 0.342 e. The minimum Gasteiger partial charge on any atom is -0.342 e. The number of pyridine rings is 1. The number of aryl methyl sites for hydroxylation is 1. The Morgan fingerprint density at radius 2 is 1.87 bits per heavy atom. The number of hydrogen-bond acceptors (Lipinski definition) is 2. The highest BCUT2D eigenvalue weighted by molar-refractivity contribution is 7.80. The summed E-state index contributed by atoms with van der Waals surface area (Å²) in [5.41, 5.74) is 3.34. The number of nitrogens with zero attached hydrogens (tertiary/aromatic N) is 1. The van der Waals surface area contributed by atoms with Gasteiger partial charge in [0.1, 0.15) is 5.82 Å². The molecule has 0 bridgehead atoms. The van der Waals surface area contributed by atoms with Crippen LogP contribution in [0, 0.1) is 12.7 Å². The van der Waals surface area contributed by atoms with Gasteiger partial charge in [-0.15, -0.1) is 0 Å². The summed E-state index contributed by atoms with van der Waals surface area (Å²) in [4.78, 5) is 17.9. The van der Waals surface area contributed by atoms with Crippen LogP contribution in [-0.2, 0) is 6.54 Å². The third-order valence-electron chi connectivity index (χ3n) is 5.79. The van der Waals surface area contributed by atoms with Gasteiger partial charge in [0, 0.05) is 22.8 Å². The molecule has 0 unspecified atom stereocenters. The van der Waals surface area contributed by atoms with Crippen molar-refractivity contribution in [2.24, 2.45) is 0 Å². The molecule has 3 aromatic rings. The molecule has 6 heteroatoms. The van der Waals surface area contributed by atoms with Crippen molar-refractivity contribution >= 4 is 33.9 Å². The molecule has 0 atom stereocenters. The topological polar surface area (TPSA) is 48.1 Å². The lowest BCUT2D eigenvalue weighted by atomic mass is 9.94. The molecule has 2 N–H and O–H groups in total. The molecule has 0 spiro atoms. The zero-order chi connectivity index (χ0) is 21.1. The molecule has 0 amide bonds. The Hall–Kier alpha value is -2.73. The molecule has 1 aromatic heterocycles. The minimum absolute atomic E-state index is 0.0863. The summed E-state index contributed by atoms with van der Waals surface area (Å²) >= 11 is 5.74. The lowest BCUT2D eigenvalue weighted by Crippen LogP contribution is -2.44. The van der Waals surface area contributed by atoms with Crippen LogP contribution < -0.4 is 10.9 Å². The molecule has 0 saturated heterocycles. The van der Waals surface area contributed by atoms with E-state index < -0.39 is 0 Å². The number of anilines is 1. The first-order valence-corrected chi connectivity index (χ1v) is 10.9. The summed E-state index contributed by atoms with van der Waals surface area (Å²) in [6, 6.07) is 14.4. The highest BCUT2D eigenvalue weighted by Crippen LogP contribution is 2.25. The number of aromatic nitrogens is 1. The molecule has 4 nitrogen and oxygen atoms in total. The van der Waals surface area contributed by atoms with E-state index >= 15 is 0 Å². The van der Waals surface area contributed by atoms with Crippen molar-refractivity contribution in [1.82, 2.24) is 9.88 Å². The van der Waals surface area contributed by atoms with Crippen LogP contribution in [0.1, 0.15) is 43.2 Å². The quantitative estimate of drug-likeness (QED) is 0.544. The second-order valence-electron chi connectivity index (χ2n) is 8.07. The van der Waals surface area contributed by atoms with Gasteiger partial charge in [-0.3, -0.25) is 4.79 Å². The van der Waals surface area contributed by atoms with Crippen molar-refractivity contribution < 1.29 is 4.39 Å². The van der Waals surface area contributed by atoms with Gasteiger partial charge in [0.2, 0.25) is 0 Å². The lowest BCUT2D eigenvalue weighted by molar-refractivity contribution is 0.240. The van der Waals surface area contributed by atoms with Crippen LogP contribution in [0.25, 0.3) is 10.9 Å².